The average Bonchev–Trinajstić information content (AvgIpc) is 2.38. The summed E-state index contributed by atoms with van der Waals surface area (Å²) in [6.45, 7) is 4.03. The number of hydrogen-bond donors (Lipinski definition) is 0. The van der Waals surface area contributed by atoms with Crippen LogP contribution in [0.25, 0.3) is 0 Å². The molecule has 0 fully saturated rings. The molecule has 0 aliphatic rings. The SMILES string of the molecule is COCC(CCOC(C)=O)OC(CCOC(C)=O)COC. The van der Waals surface area contributed by atoms with E-state index in [2.05, 4.69) is 0 Å². The van der Waals surface area contributed by atoms with Crippen LogP contribution in [0.1, 0.15) is 26.7 Å². The zero-order valence-electron chi connectivity index (χ0n) is 13.3. The molecule has 124 valence electrons. The Bertz CT molecular complexity index is 265. The van der Waals surface area contributed by atoms with Crippen LogP contribution in [-0.2, 0) is 33.3 Å². The molecule has 0 aromatic heterocycles. The Morgan fingerprint density at radius 3 is 1.48 bits per heavy atom. The number of hydrogen-bond acceptors (Lipinski definition) is 7. The monoisotopic (exact) mass is 306 g/mol. The van der Waals surface area contributed by atoms with E-state index in [4.69, 9.17) is 23.7 Å². The van der Waals surface area contributed by atoms with Crippen LogP contribution < -0.4 is 0 Å². The fraction of sp³-hybridized carbons (Fsp3) is 0.857. The van der Waals surface area contributed by atoms with Crippen molar-refractivity contribution < 1.29 is 33.3 Å². The maximum absolute atomic E-state index is 10.8. The number of ether oxygens (including phenoxy) is 5. The minimum atomic E-state index is -0.325. The van der Waals surface area contributed by atoms with E-state index in [1.54, 1.807) is 14.2 Å². The fourth-order valence-corrected chi connectivity index (χ4v) is 1.69. The van der Waals surface area contributed by atoms with Gasteiger partial charge in [0.2, 0.25) is 0 Å². The van der Waals surface area contributed by atoms with Crippen molar-refractivity contribution in [2.45, 2.75) is 38.9 Å². The number of methoxy groups -OCH3 is 2. The summed E-state index contributed by atoms with van der Waals surface area (Å²) in [6, 6.07) is 0. The Hall–Kier alpha value is -1.18. The van der Waals surface area contributed by atoms with Crippen molar-refractivity contribution in [3.8, 4) is 0 Å². The first kappa shape index (κ1) is 19.8. The largest absolute Gasteiger partial charge is 0.466 e. The van der Waals surface area contributed by atoms with Crippen LogP contribution in [0.4, 0.5) is 0 Å². The Labute approximate surface area is 125 Å². The van der Waals surface area contributed by atoms with Crippen LogP contribution >= 0.6 is 0 Å². The Kier molecular flexibility index (Phi) is 11.8. The molecule has 0 spiro atoms. The molecule has 0 saturated carbocycles. The molecule has 0 aliphatic heterocycles. The van der Waals surface area contributed by atoms with Gasteiger partial charge in [-0.2, -0.15) is 0 Å². The predicted octanol–water partition coefficient (Wildman–Crippen LogP) is 0.939. The van der Waals surface area contributed by atoms with Crippen molar-refractivity contribution in [3.63, 3.8) is 0 Å². The van der Waals surface area contributed by atoms with Gasteiger partial charge in [0.1, 0.15) is 0 Å². The topological polar surface area (TPSA) is 80.3 Å². The van der Waals surface area contributed by atoms with Crippen LogP contribution in [0, 0.1) is 0 Å². The highest BCUT2D eigenvalue weighted by Crippen LogP contribution is 2.09. The maximum Gasteiger partial charge on any atom is 0.302 e. The Morgan fingerprint density at radius 1 is 0.810 bits per heavy atom. The first-order valence-electron chi connectivity index (χ1n) is 6.89. The summed E-state index contributed by atoms with van der Waals surface area (Å²) < 4.78 is 25.8. The van der Waals surface area contributed by atoms with Gasteiger partial charge in [-0.3, -0.25) is 9.59 Å². The van der Waals surface area contributed by atoms with Gasteiger partial charge in [-0.05, 0) is 0 Å². The quantitative estimate of drug-likeness (QED) is 0.496. The number of carbonyl (C=O) groups is 2. The second kappa shape index (κ2) is 12.6. The first-order chi connectivity index (χ1) is 9.99. The average molecular weight is 306 g/mol. The Balaban J connectivity index is 4.22. The second-order valence-electron chi connectivity index (χ2n) is 4.55. The molecule has 2 unspecified atom stereocenters. The standard InChI is InChI=1S/C14H26O7/c1-11(15)19-7-5-13(9-17-3)21-14(10-18-4)6-8-20-12(2)16/h13-14H,5-10H2,1-4H3. The molecule has 7 heteroatoms. The van der Waals surface area contributed by atoms with Crippen molar-refractivity contribution in [1.29, 1.82) is 0 Å². The second-order valence-corrected chi connectivity index (χ2v) is 4.55. The van der Waals surface area contributed by atoms with E-state index in [0.29, 0.717) is 26.1 Å². The van der Waals surface area contributed by atoms with E-state index in [9.17, 15) is 9.59 Å². The van der Waals surface area contributed by atoms with E-state index in [-0.39, 0.29) is 37.4 Å². The molecule has 0 aromatic rings. The van der Waals surface area contributed by atoms with Gasteiger partial charge < -0.3 is 23.7 Å². The molecular formula is C14H26O7. The number of carbonyl (C=O) groups excluding carboxylic acids is 2. The van der Waals surface area contributed by atoms with Crippen LogP contribution in [0.5, 0.6) is 0 Å². The van der Waals surface area contributed by atoms with Crippen molar-refractivity contribution in [2.24, 2.45) is 0 Å². The van der Waals surface area contributed by atoms with E-state index >= 15 is 0 Å². The van der Waals surface area contributed by atoms with Crippen LogP contribution in [-0.4, -0.2) is 64.8 Å². The first-order valence-corrected chi connectivity index (χ1v) is 6.89. The molecule has 0 saturated heterocycles. The summed E-state index contributed by atoms with van der Waals surface area (Å²) >= 11 is 0. The van der Waals surface area contributed by atoms with Gasteiger partial charge in [0.15, 0.2) is 0 Å². The molecule has 0 N–H and O–H groups in total. The minimum Gasteiger partial charge on any atom is -0.466 e. The third kappa shape index (κ3) is 12.3. The maximum atomic E-state index is 10.8. The molecular weight excluding hydrogens is 280 g/mol. The lowest BCUT2D eigenvalue weighted by molar-refractivity contribution is -0.144. The van der Waals surface area contributed by atoms with Crippen molar-refractivity contribution in [1.82, 2.24) is 0 Å². The summed E-state index contributed by atoms with van der Waals surface area (Å²) in [5.41, 5.74) is 0. The molecule has 2 atom stereocenters. The molecule has 0 bridgehead atoms. The summed E-state index contributed by atoms with van der Waals surface area (Å²) in [4.78, 5) is 21.5. The third-order valence-corrected chi connectivity index (χ3v) is 2.58. The predicted molar refractivity (Wildman–Crippen MR) is 74.9 cm³/mol. The van der Waals surface area contributed by atoms with Crippen LogP contribution in [0.3, 0.4) is 0 Å². The number of esters is 2. The van der Waals surface area contributed by atoms with Gasteiger partial charge in [-0.25, -0.2) is 0 Å². The third-order valence-electron chi connectivity index (χ3n) is 2.58. The normalized spacial score (nSPS) is 13.5. The zero-order valence-corrected chi connectivity index (χ0v) is 13.3. The van der Waals surface area contributed by atoms with E-state index in [0.717, 1.165) is 0 Å². The van der Waals surface area contributed by atoms with E-state index in [1.165, 1.54) is 13.8 Å². The molecule has 7 nitrogen and oxygen atoms in total. The number of rotatable bonds is 12. The lowest BCUT2D eigenvalue weighted by atomic mass is 10.2. The molecule has 0 amide bonds. The van der Waals surface area contributed by atoms with Crippen LogP contribution in [0.2, 0.25) is 0 Å². The highest BCUT2D eigenvalue weighted by Gasteiger charge is 2.18. The lowest BCUT2D eigenvalue weighted by Gasteiger charge is -2.24. The van der Waals surface area contributed by atoms with Gasteiger partial charge in [0, 0.05) is 40.9 Å². The van der Waals surface area contributed by atoms with Crippen LogP contribution in [0.15, 0.2) is 0 Å². The van der Waals surface area contributed by atoms with Gasteiger partial charge in [0.25, 0.3) is 0 Å². The van der Waals surface area contributed by atoms with Crippen molar-refractivity contribution in [2.75, 3.05) is 40.6 Å². The summed E-state index contributed by atoms with van der Waals surface area (Å²) in [7, 11) is 3.15. The van der Waals surface area contributed by atoms with Gasteiger partial charge >= 0.3 is 11.9 Å². The van der Waals surface area contributed by atoms with Gasteiger partial charge in [0.05, 0.1) is 38.6 Å². The minimum absolute atomic E-state index is 0.216. The lowest BCUT2D eigenvalue weighted by Crippen LogP contribution is -2.31. The van der Waals surface area contributed by atoms with Gasteiger partial charge in [-0.15, -0.1) is 0 Å². The molecule has 0 aromatic carbocycles. The molecule has 0 heterocycles. The highest BCUT2D eigenvalue weighted by atomic mass is 16.6. The molecule has 0 aliphatic carbocycles. The Morgan fingerprint density at radius 2 is 1.19 bits per heavy atom. The fourth-order valence-electron chi connectivity index (χ4n) is 1.69. The molecule has 0 radical (unpaired) electrons. The summed E-state index contributed by atoms with van der Waals surface area (Å²) in [6.07, 6.45) is 0.626. The van der Waals surface area contributed by atoms with Crippen molar-refractivity contribution >= 4 is 11.9 Å². The van der Waals surface area contributed by atoms with Gasteiger partial charge in [-0.1, -0.05) is 0 Å². The highest BCUT2D eigenvalue weighted by molar-refractivity contribution is 5.66. The smallest absolute Gasteiger partial charge is 0.302 e. The summed E-state index contributed by atoms with van der Waals surface area (Å²) in [5.74, 6) is -0.649. The zero-order chi connectivity index (χ0) is 16.1. The van der Waals surface area contributed by atoms with E-state index in [1.807, 2.05) is 0 Å². The summed E-state index contributed by atoms with van der Waals surface area (Å²) in [5, 5.41) is 0. The van der Waals surface area contributed by atoms with E-state index < -0.39 is 0 Å². The molecule has 0 rings (SSSR count). The molecule has 21 heavy (non-hydrogen) atoms. The van der Waals surface area contributed by atoms with Crippen molar-refractivity contribution in [3.05, 3.63) is 0 Å².